The fraction of sp³-hybridized carbons (Fsp3) is 0.387. The second-order valence-electron chi connectivity index (χ2n) is 11.0. The number of para-hydroxylation sites is 1. The summed E-state index contributed by atoms with van der Waals surface area (Å²) in [5.41, 5.74) is 11.5. The number of benzene rings is 2. The SMILES string of the molecule is Nc1ccccc1C(=O)N[C@H]1CCc2c(C(=O)N3CCC4(CC3)CCN(c3ccncc3)CC4)cccc21. The Morgan fingerprint density at radius 3 is 2.29 bits per heavy atom. The number of hydrogen-bond donors (Lipinski definition) is 2. The predicted molar refractivity (Wildman–Crippen MR) is 149 cm³/mol. The van der Waals surface area contributed by atoms with Gasteiger partial charge in [-0.3, -0.25) is 14.6 Å². The largest absolute Gasteiger partial charge is 0.398 e. The summed E-state index contributed by atoms with van der Waals surface area (Å²) in [5.74, 6) is -0.0424. The fourth-order valence-electron chi connectivity index (χ4n) is 6.59. The topological polar surface area (TPSA) is 91.6 Å². The van der Waals surface area contributed by atoms with Gasteiger partial charge in [-0.05, 0) is 85.4 Å². The van der Waals surface area contributed by atoms with Gasteiger partial charge in [0.05, 0.1) is 11.6 Å². The van der Waals surface area contributed by atoms with Crippen LogP contribution in [-0.4, -0.2) is 47.9 Å². The minimum Gasteiger partial charge on any atom is -0.398 e. The molecule has 2 aromatic carbocycles. The first-order valence-corrected chi connectivity index (χ1v) is 13.7. The molecular weight excluding hydrogens is 474 g/mol. The summed E-state index contributed by atoms with van der Waals surface area (Å²) in [5, 5.41) is 3.14. The van der Waals surface area contributed by atoms with Gasteiger partial charge in [0, 0.05) is 55.5 Å². The summed E-state index contributed by atoms with van der Waals surface area (Å²) in [6.45, 7) is 3.74. The third-order valence-corrected chi connectivity index (χ3v) is 8.98. The summed E-state index contributed by atoms with van der Waals surface area (Å²) in [6, 6.07) is 17.1. The zero-order valence-corrected chi connectivity index (χ0v) is 21.7. The number of fused-ring (bicyclic) bond motifs is 1. The summed E-state index contributed by atoms with van der Waals surface area (Å²) < 4.78 is 0. The Kier molecular flexibility index (Phi) is 6.52. The second kappa shape index (κ2) is 10.1. The van der Waals surface area contributed by atoms with Gasteiger partial charge in [0.1, 0.15) is 0 Å². The highest BCUT2D eigenvalue weighted by molar-refractivity contribution is 5.99. The molecule has 2 saturated heterocycles. The highest BCUT2D eigenvalue weighted by Gasteiger charge is 2.39. The molecule has 6 rings (SSSR count). The van der Waals surface area contributed by atoms with E-state index in [1.54, 1.807) is 12.1 Å². The first-order valence-electron chi connectivity index (χ1n) is 13.7. The normalized spacial score (nSPS) is 20.3. The van der Waals surface area contributed by atoms with E-state index in [0.717, 1.165) is 68.6 Å². The molecule has 38 heavy (non-hydrogen) atoms. The van der Waals surface area contributed by atoms with E-state index in [-0.39, 0.29) is 17.9 Å². The van der Waals surface area contributed by atoms with E-state index in [1.165, 1.54) is 18.5 Å². The standard InChI is InChI=1S/C31H35N5O2/c32-27-7-2-1-4-26(27)29(37)34-28-9-8-23-24(28)5-3-6-25(23)30(38)36-20-14-31(15-21-36)12-18-35(19-13-31)22-10-16-33-17-11-22/h1-7,10-11,16-17,28H,8-9,12-15,18-21,32H2,(H,34,37)/t28-/m0/s1. The number of likely N-dealkylation sites (tertiary alicyclic amines) is 1. The van der Waals surface area contributed by atoms with Crippen molar-refractivity contribution in [3.05, 3.63) is 89.2 Å². The molecule has 2 fully saturated rings. The third-order valence-electron chi connectivity index (χ3n) is 8.98. The summed E-state index contributed by atoms with van der Waals surface area (Å²) in [6.07, 6.45) is 9.77. The first-order chi connectivity index (χ1) is 18.5. The molecule has 7 heteroatoms. The van der Waals surface area contributed by atoms with E-state index >= 15 is 0 Å². The van der Waals surface area contributed by atoms with Crippen molar-refractivity contribution in [2.24, 2.45) is 5.41 Å². The number of nitrogens with two attached hydrogens (primary N) is 1. The molecule has 3 aliphatic rings. The average molecular weight is 510 g/mol. The Hall–Kier alpha value is -3.87. The summed E-state index contributed by atoms with van der Waals surface area (Å²) in [7, 11) is 0. The monoisotopic (exact) mass is 509 g/mol. The van der Waals surface area contributed by atoms with Crippen molar-refractivity contribution in [3.8, 4) is 0 Å². The fourth-order valence-corrected chi connectivity index (χ4v) is 6.59. The molecule has 7 nitrogen and oxygen atoms in total. The molecule has 0 unspecified atom stereocenters. The van der Waals surface area contributed by atoms with Crippen molar-refractivity contribution >= 4 is 23.2 Å². The van der Waals surface area contributed by atoms with Crippen LogP contribution in [0.3, 0.4) is 0 Å². The summed E-state index contributed by atoms with van der Waals surface area (Å²) >= 11 is 0. The van der Waals surface area contributed by atoms with Crippen molar-refractivity contribution in [3.63, 3.8) is 0 Å². The van der Waals surface area contributed by atoms with Crippen LogP contribution in [0.25, 0.3) is 0 Å². The van der Waals surface area contributed by atoms with Crippen LogP contribution in [0.2, 0.25) is 0 Å². The average Bonchev–Trinajstić information content (AvgIpc) is 3.37. The number of hydrogen-bond acceptors (Lipinski definition) is 5. The Labute approximate surface area is 224 Å². The molecule has 1 aromatic heterocycles. The number of carbonyl (C=O) groups excluding carboxylic acids is 2. The van der Waals surface area contributed by atoms with E-state index in [1.807, 2.05) is 47.6 Å². The second-order valence-corrected chi connectivity index (χ2v) is 11.0. The van der Waals surface area contributed by atoms with E-state index < -0.39 is 0 Å². The molecule has 0 radical (unpaired) electrons. The van der Waals surface area contributed by atoms with Crippen molar-refractivity contribution in [2.45, 2.75) is 44.6 Å². The van der Waals surface area contributed by atoms with Crippen LogP contribution in [0, 0.1) is 5.41 Å². The van der Waals surface area contributed by atoms with Crippen molar-refractivity contribution in [1.82, 2.24) is 15.2 Å². The number of anilines is 2. The zero-order chi connectivity index (χ0) is 26.1. The van der Waals surface area contributed by atoms with Crippen LogP contribution in [0.15, 0.2) is 67.0 Å². The Balaban J connectivity index is 1.09. The molecule has 0 saturated carbocycles. The number of nitrogens with zero attached hydrogens (tertiary/aromatic N) is 3. The lowest BCUT2D eigenvalue weighted by Gasteiger charge is -2.47. The molecule has 1 aliphatic carbocycles. The molecule has 2 amide bonds. The Morgan fingerprint density at radius 1 is 0.868 bits per heavy atom. The lowest BCUT2D eigenvalue weighted by Crippen LogP contribution is -2.48. The maximum atomic E-state index is 13.7. The number of pyridine rings is 1. The number of carbonyl (C=O) groups is 2. The van der Waals surface area contributed by atoms with E-state index in [2.05, 4.69) is 27.3 Å². The lowest BCUT2D eigenvalue weighted by molar-refractivity contribution is 0.0514. The number of nitrogen functional groups attached to an aromatic ring is 1. The van der Waals surface area contributed by atoms with Crippen molar-refractivity contribution in [1.29, 1.82) is 0 Å². The number of nitrogens with one attached hydrogen (secondary N) is 1. The maximum absolute atomic E-state index is 13.7. The van der Waals surface area contributed by atoms with Gasteiger partial charge in [-0.15, -0.1) is 0 Å². The molecule has 3 N–H and O–H groups in total. The molecule has 196 valence electrons. The minimum atomic E-state index is -0.172. The Morgan fingerprint density at radius 2 is 1.55 bits per heavy atom. The van der Waals surface area contributed by atoms with Crippen LogP contribution in [0.1, 0.15) is 70.0 Å². The van der Waals surface area contributed by atoms with Crippen LogP contribution in [0.5, 0.6) is 0 Å². The van der Waals surface area contributed by atoms with Gasteiger partial charge in [0.25, 0.3) is 11.8 Å². The van der Waals surface area contributed by atoms with Gasteiger partial charge in [-0.1, -0.05) is 24.3 Å². The zero-order valence-electron chi connectivity index (χ0n) is 21.7. The number of piperidine rings is 2. The van der Waals surface area contributed by atoms with E-state index in [0.29, 0.717) is 16.7 Å². The predicted octanol–water partition coefficient (Wildman–Crippen LogP) is 4.60. The third kappa shape index (κ3) is 4.62. The molecule has 0 bridgehead atoms. The van der Waals surface area contributed by atoms with Gasteiger partial charge in [-0.2, -0.15) is 0 Å². The quantitative estimate of drug-likeness (QED) is 0.502. The number of rotatable bonds is 4. The smallest absolute Gasteiger partial charge is 0.254 e. The number of aromatic nitrogens is 1. The van der Waals surface area contributed by atoms with Gasteiger partial charge in [-0.25, -0.2) is 0 Å². The molecule has 3 heterocycles. The van der Waals surface area contributed by atoms with Gasteiger partial charge >= 0.3 is 0 Å². The Bertz CT molecular complexity index is 1320. The molecule has 1 spiro atoms. The van der Waals surface area contributed by atoms with E-state index in [4.69, 9.17) is 5.73 Å². The van der Waals surface area contributed by atoms with Crippen molar-refractivity contribution < 1.29 is 9.59 Å². The van der Waals surface area contributed by atoms with Crippen LogP contribution >= 0.6 is 0 Å². The van der Waals surface area contributed by atoms with Crippen LogP contribution in [0.4, 0.5) is 11.4 Å². The first kappa shape index (κ1) is 24.5. The molecule has 3 aromatic rings. The van der Waals surface area contributed by atoms with Gasteiger partial charge < -0.3 is 20.9 Å². The lowest BCUT2D eigenvalue weighted by atomic mass is 9.71. The summed E-state index contributed by atoms with van der Waals surface area (Å²) in [4.78, 5) is 35.2. The van der Waals surface area contributed by atoms with Crippen LogP contribution in [-0.2, 0) is 6.42 Å². The highest BCUT2D eigenvalue weighted by atomic mass is 16.2. The molecule has 2 aliphatic heterocycles. The van der Waals surface area contributed by atoms with Gasteiger partial charge in [0.15, 0.2) is 0 Å². The van der Waals surface area contributed by atoms with E-state index in [9.17, 15) is 9.59 Å². The van der Waals surface area contributed by atoms with Crippen LogP contribution < -0.4 is 16.0 Å². The van der Waals surface area contributed by atoms with Gasteiger partial charge in [0.2, 0.25) is 0 Å². The maximum Gasteiger partial charge on any atom is 0.254 e. The molecule has 1 atom stereocenters. The highest BCUT2D eigenvalue weighted by Crippen LogP contribution is 2.43. The van der Waals surface area contributed by atoms with Crippen molar-refractivity contribution in [2.75, 3.05) is 36.8 Å². The number of amides is 2. The molecular formula is C31H35N5O2. The minimum absolute atomic E-state index is 0.111.